The van der Waals surface area contributed by atoms with Crippen molar-refractivity contribution in [3.63, 3.8) is 0 Å². The Morgan fingerprint density at radius 3 is 2.89 bits per heavy atom. The van der Waals surface area contributed by atoms with Gasteiger partial charge >= 0.3 is 6.18 Å². The minimum absolute atomic E-state index is 0.103. The SMILES string of the molecule is CCCNC1COc2cc(OCC(F)(F)F)ccc21. The van der Waals surface area contributed by atoms with Gasteiger partial charge in [0, 0.05) is 11.6 Å². The molecule has 0 spiro atoms. The van der Waals surface area contributed by atoms with Crippen molar-refractivity contribution >= 4 is 0 Å². The molecule has 0 radical (unpaired) electrons. The predicted octanol–water partition coefficient (Wildman–Crippen LogP) is 3.06. The fourth-order valence-electron chi connectivity index (χ4n) is 1.93. The molecule has 1 heterocycles. The van der Waals surface area contributed by atoms with Crippen molar-refractivity contribution in [2.45, 2.75) is 25.6 Å². The zero-order valence-electron chi connectivity index (χ0n) is 10.6. The van der Waals surface area contributed by atoms with Crippen molar-refractivity contribution in [3.05, 3.63) is 23.8 Å². The molecule has 1 aromatic rings. The molecule has 1 N–H and O–H groups in total. The molecule has 0 aromatic heterocycles. The van der Waals surface area contributed by atoms with Gasteiger partial charge in [-0.15, -0.1) is 0 Å². The van der Waals surface area contributed by atoms with Crippen molar-refractivity contribution in [2.75, 3.05) is 19.8 Å². The Morgan fingerprint density at radius 2 is 2.21 bits per heavy atom. The van der Waals surface area contributed by atoms with Crippen molar-refractivity contribution in [3.8, 4) is 11.5 Å². The van der Waals surface area contributed by atoms with E-state index in [1.54, 1.807) is 12.1 Å². The van der Waals surface area contributed by atoms with E-state index in [0.717, 1.165) is 18.5 Å². The maximum Gasteiger partial charge on any atom is 0.422 e. The maximum absolute atomic E-state index is 12.1. The zero-order chi connectivity index (χ0) is 13.9. The molecule has 0 bridgehead atoms. The highest BCUT2D eigenvalue weighted by molar-refractivity contribution is 5.45. The number of nitrogens with one attached hydrogen (secondary N) is 1. The van der Waals surface area contributed by atoms with Crippen molar-refractivity contribution < 1.29 is 22.6 Å². The second-order valence-electron chi connectivity index (χ2n) is 4.42. The van der Waals surface area contributed by atoms with Crippen molar-refractivity contribution in [2.24, 2.45) is 0 Å². The molecule has 3 nitrogen and oxygen atoms in total. The standard InChI is InChI=1S/C13H16F3NO2/c1-2-5-17-11-7-18-12-6-9(3-4-10(11)12)19-8-13(14,15)16/h3-4,6,11,17H,2,5,7-8H2,1H3. The van der Waals surface area contributed by atoms with E-state index in [4.69, 9.17) is 4.74 Å². The van der Waals surface area contributed by atoms with Gasteiger partial charge in [-0.05, 0) is 25.1 Å². The third kappa shape index (κ3) is 3.76. The van der Waals surface area contributed by atoms with E-state index in [1.165, 1.54) is 6.07 Å². The normalized spacial score (nSPS) is 18.0. The Labute approximate surface area is 109 Å². The van der Waals surface area contributed by atoms with E-state index in [1.807, 2.05) is 0 Å². The summed E-state index contributed by atoms with van der Waals surface area (Å²) < 4.78 is 46.3. The second kappa shape index (κ2) is 5.69. The summed E-state index contributed by atoms with van der Waals surface area (Å²) in [6.07, 6.45) is -3.32. The summed E-state index contributed by atoms with van der Waals surface area (Å²) in [5.41, 5.74) is 0.966. The Kier molecular flexibility index (Phi) is 4.19. The van der Waals surface area contributed by atoms with E-state index < -0.39 is 12.8 Å². The summed E-state index contributed by atoms with van der Waals surface area (Å²) in [6.45, 7) is 2.15. The van der Waals surface area contributed by atoms with Gasteiger partial charge in [-0.3, -0.25) is 0 Å². The molecule has 1 aliphatic heterocycles. The molecule has 0 saturated heterocycles. The quantitative estimate of drug-likeness (QED) is 0.896. The van der Waals surface area contributed by atoms with Crippen LogP contribution in [0.2, 0.25) is 0 Å². The minimum Gasteiger partial charge on any atom is -0.491 e. The summed E-state index contributed by atoms with van der Waals surface area (Å²) in [5.74, 6) is 0.764. The number of fused-ring (bicyclic) bond motifs is 1. The molecule has 1 aromatic carbocycles. The van der Waals surface area contributed by atoms with Crippen LogP contribution in [0.15, 0.2) is 18.2 Å². The van der Waals surface area contributed by atoms with Gasteiger partial charge in [-0.1, -0.05) is 6.92 Å². The van der Waals surface area contributed by atoms with E-state index in [-0.39, 0.29) is 11.8 Å². The van der Waals surface area contributed by atoms with Crippen LogP contribution in [-0.2, 0) is 0 Å². The van der Waals surface area contributed by atoms with Gasteiger partial charge in [0.05, 0.1) is 6.04 Å². The second-order valence-corrected chi connectivity index (χ2v) is 4.42. The molecule has 1 aliphatic rings. The predicted molar refractivity (Wildman–Crippen MR) is 64.5 cm³/mol. The van der Waals surface area contributed by atoms with Crippen LogP contribution < -0.4 is 14.8 Å². The van der Waals surface area contributed by atoms with Gasteiger partial charge < -0.3 is 14.8 Å². The highest BCUT2D eigenvalue weighted by atomic mass is 19.4. The average molecular weight is 275 g/mol. The van der Waals surface area contributed by atoms with Crippen LogP contribution in [0.4, 0.5) is 13.2 Å². The Morgan fingerprint density at radius 1 is 1.42 bits per heavy atom. The molecular weight excluding hydrogens is 259 g/mol. The first kappa shape index (κ1) is 14.0. The Bertz CT molecular complexity index is 434. The summed E-state index contributed by atoms with van der Waals surface area (Å²) >= 11 is 0. The monoisotopic (exact) mass is 275 g/mol. The largest absolute Gasteiger partial charge is 0.491 e. The van der Waals surface area contributed by atoms with Gasteiger partial charge in [-0.25, -0.2) is 0 Å². The lowest BCUT2D eigenvalue weighted by atomic mass is 10.1. The zero-order valence-corrected chi connectivity index (χ0v) is 10.6. The molecular formula is C13H16F3NO2. The average Bonchev–Trinajstić information content (AvgIpc) is 2.75. The molecule has 0 fully saturated rings. The maximum atomic E-state index is 12.1. The summed E-state index contributed by atoms with van der Waals surface area (Å²) in [6, 6.07) is 4.90. The van der Waals surface area contributed by atoms with E-state index >= 15 is 0 Å². The third-order valence-corrected chi connectivity index (χ3v) is 2.81. The van der Waals surface area contributed by atoms with E-state index in [0.29, 0.717) is 12.4 Å². The van der Waals surface area contributed by atoms with E-state index in [2.05, 4.69) is 17.0 Å². The van der Waals surface area contributed by atoms with Crippen LogP contribution in [0.3, 0.4) is 0 Å². The molecule has 2 rings (SSSR count). The fraction of sp³-hybridized carbons (Fsp3) is 0.538. The first-order valence-corrected chi connectivity index (χ1v) is 6.19. The lowest BCUT2D eigenvalue weighted by Crippen LogP contribution is -2.23. The molecule has 1 atom stereocenters. The topological polar surface area (TPSA) is 30.5 Å². The van der Waals surface area contributed by atoms with Gasteiger partial charge in [0.15, 0.2) is 6.61 Å². The summed E-state index contributed by atoms with van der Waals surface area (Å²) in [5, 5.41) is 3.32. The van der Waals surface area contributed by atoms with Crippen LogP contribution in [0.5, 0.6) is 11.5 Å². The van der Waals surface area contributed by atoms with Crippen molar-refractivity contribution in [1.29, 1.82) is 0 Å². The Balaban J connectivity index is 2.01. The molecule has 0 saturated carbocycles. The number of rotatable bonds is 5. The number of benzene rings is 1. The number of alkyl halides is 3. The first-order chi connectivity index (χ1) is 8.99. The van der Waals surface area contributed by atoms with Crippen LogP contribution in [0.25, 0.3) is 0 Å². The van der Waals surface area contributed by atoms with Crippen LogP contribution in [0.1, 0.15) is 24.9 Å². The first-order valence-electron chi connectivity index (χ1n) is 6.19. The molecule has 0 amide bonds. The van der Waals surface area contributed by atoms with Crippen LogP contribution in [0, 0.1) is 0 Å². The van der Waals surface area contributed by atoms with Crippen LogP contribution in [-0.4, -0.2) is 25.9 Å². The molecule has 1 unspecified atom stereocenters. The summed E-state index contributed by atoms with van der Waals surface area (Å²) in [4.78, 5) is 0. The molecule has 6 heteroatoms. The van der Waals surface area contributed by atoms with Crippen molar-refractivity contribution in [1.82, 2.24) is 5.32 Å². The van der Waals surface area contributed by atoms with Gasteiger partial charge in [-0.2, -0.15) is 13.2 Å². The number of halogens is 3. The molecule has 0 aliphatic carbocycles. The lowest BCUT2D eigenvalue weighted by molar-refractivity contribution is -0.153. The molecule has 19 heavy (non-hydrogen) atoms. The number of hydrogen-bond donors (Lipinski definition) is 1. The van der Waals surface area contributed by atoms with Gasteiger partial charge in [0.1, 0.15) is 18.1 Å². The minimum atomic E-state index is -4.33. The smallest absolute Gasteiger partial charge is 0.422 e. The Hall–Kier alpha value is -1.43. The van der Waals surface area contributed by atoms with E-state index in [9.17, 15) is 13.2 Å². The fourth-order valence-corrected chi connectivity index (χ4v) is 1.93. The number of hydrogen-bond acceptors (Lipinski definition) is 3. The van der Waals surface area contributed by atoms with Gasteiger partial charge in [0.2, 0.25) is 0 Å². The van der Waals surface area contributed by atoms with Gasteiger partial charge in [0.25, 0.3) is 0 Å². The van der Waals surface area contributed by atoms with Crippen LogP contribution >= 0.6 is 0 Å². The summed E-state index contributed by atoms with van der Waals surface area (Å²) in [7, 11) is 0. The molecule has 106 valence electrons. The highest BCUT2D eigenvalue weighted by Crippen LogP contribution is 2.35. The highest BCUT2D eigenvalue weighted by Gasteiger charge is 2.29. The third-order valence-electron chi connectivity index (χ3n) is 2.81. The number of ether oxygens (including phenoxy) is 2. The lowest BCUT2D eigenvalue weighted by Gasteiger charge is -2.11.